The Morgan fingerprint density at radius 3 is 2.12 bits per heavy atom. The summed E-state index contributed by atoms with van der Waals surface area (Å²) in [7, 11) is 2.24. The molecule has 1 fully saturated rings. The number of rotatable bonds is 3. The number of ether oxygens (including phenoxy) is 2. The zero-order chi connectivity index (χ0) is 12.3. The SMILES string of the molecule is COC(=O)C(=O)C1CCC(C(=O)OC)C1=O. The second kappa shape index (κ2) is 4.87. The van der Waals surface area contributed by atoms with Gasteiger partial charge < -0.3 is 9.47 Å². The van der Waals surface area contributed by atoms with Crippen molar-refractivity contribution in [3.63, 3.8) is 0 Å². The molecule has 6 nitrogen and oxygen atoms in total. The van der Waals surface area contributed by atoms with Gasteiger partial charge in [-0.15, -0.1) is 0 Å². The van der Waals surface area contributed by atoms with Crippen molar-refractivity contribution in [3.05, 3.63) is 0 Å². The predicted octanol–water partition coefficient (Wildman–Crippen LogP) is -0.503. The number of esters is 2. The van der Waals surface area contributed by atoms with E-state index in [-0.39, 0.29) is 12.8 Å². The molecular formula is C10H12O6. The molecule has 6 heteroatoms. The van der Waals surface area contributed by atoms with E-state index in [2.05, 4.69) is 9.47 Å². The van der Waals surface area contributed by atoms with E-state index in [0.29, 0.717) is 0 Å². The van der Waals surface area contributed by atoms with E-state index in [1.807, 2.05) is 0 Å². The lowest BCUT2D eigenvalue weighted by molar-refractivity contribution is -0.156. The Kier molecular flexibility index (Phi) is 3.76. The van der Waals surface area contributed by atoms with Crippen molar-refractivity contribution in [2.75, 3.05) is 14.2 Å². The lowest BCUT2D eigenvalue weighted by atomic mass is 9.99. The molecular weight excluding hydrogens is 216 g/mol. The zero-order valence-electron chi connectivity index (χ0n) is 9.02. The molecule has 0 bridgehead atoms. The standard InChI is InChI=1S/C10H12O6/c1-15-9(13)6-4-3-5(7(6)11)8(12)10(14)16-2/h5-6H,3-4H2,1-2H3. The topological polar surface area (TPSA) is 86.7 Å². The third kappa shape index (κ3) is 2.10. The molecule has 1 aliphatic rings. The molecule has 0 aromatic carbocycles. The van der Waals surface area contributed by atoms with Crippen LogP contribution >= 0.6 is 0 Å². The van der Waals surface area contributed by atoms with Crippen molar-refractivity contribution in [1.29, 1.82) is 0 Å². The molecule has 0 amide bonds. The maximum Gasteiger partial charge on any atom is 0.375 e. The highest BCUT2D eigenvalue weighted by Gasteiger charge is 2.45. The van der Waals surface area contributed by atoms with Crippen molar-refractivity contribution >= 4 is 23.5 Å². The number of hydrogen-bond acceptors (Lipinski definition) is 6. The number of carbonyl (C=O) groups is 4. The quantitative estimate of drug-likeness (QED) is 0.367. The van der Waals surface area contributed by atoms with Crippen LogP contribution in [0.1, 0.15) is 12.8 Å². The first-order valence-corrected chi connectivity index (χ1v) is 4.76. The molecule has 2 atom stereocenters. The minimum absolute atomic E-state index is 0.187. The van der Waals surface area contributed by atoms with E-state index < -0.39 is 35.3 Å². The number of methoxy groups -OCH3 is 2. The van der Waals surface area contributed by atoms with Gasteiger partial charge >= 0.3 is 11.9 Å². The Labute approximate surface area is 91.9 Å². The summed E-state index contributed by atoms with van der Waals surface area (Å²) in [6.07, 6.45) is 0.422. The first-order valence-electron chi connectivity index (χ1n) is 4.76. The Morgan fingerprint density at radius 1 is 1.06 bits per heavy atom. The fourth-order valence-corrected chi connectivity index (χ4v) is 1.74. The largest absolute Gasteiger partial charge is 0.468 e. The van der Waals surface area contributed by atoms with Gasteiger partial charge in [-0.05, 0) is 12.8 Å². The third-order valence-corrected chi connectivity index (χ3v) is 2.62. The molecule has 0 radical (unpaired) electrons. The van der Waals surface area contributed by atoms with E-state index in [9.17, 15) is 19.2 Å². The molecule has 0 aromatic heterocycles. The molecule has 0 spiro atoms. The molecule has 0 aliphatic heterocycles. The van der Waals surface area contributed by atoms with Crippen molar-refractivity contribution in [2.45, 2.75) is 12.8 Å². The van der Waals surface area contributed by atoms with E-state index >= 15 is 0 Å². The highest BCUT2D eigenvalue weighted by atomic mass is 16.5. The summed E-state index contributed by atoms with van der Waals surface area (Å²) in [5.74, 6) is -5.14. The van der Waals surface area contributed by atoms with E-state index in [1.54, 1.807) is 0 Å². The molecule has 1 rings (SSSR count). The summed E-state index contributed by atoms with van der Waals surface area (Å²) >= 11 is 0. The van der Waals surface area contributed by atoms with Crippen LogP contribution in [-0.4, -0.2) is 37.7 Å². The van der Waals surface area contributed by atoms with Crippen LogP contribution in [0.25, 0.3) is 0 Å². The van der Waals surface area contributed by atoms with E-state index in [1.165, 1.54) is 7.11 Å². The summed E-state index contributed by atoms with van der Waals surface area (Å²) < 4.78 is 8.67. The Balaban J connectivity index is 2.75. The van der Waals surface area contributed by atoms with Crippen LogP contribution in [0.15, 0.2) is 0 Å². The average molecular weight is 228 g/mol. The molecule has 1 saturated carbocycles. The van der Waals surface area contributed by atoms with Crippen LogP contribution in [0.5, 0.6) is 0 Å². The second-order valence-corrected chi connectivity index (χ2v) is 3.46. The first kappa shape index (κ1) is 12.4. The molecule has 0 saturated heterocycles. The molecule has 88 valence electrons. The van der Waals surface area contributed by atoms with Gasteiger partial charge in [0.1, 0.15) is 5.92 Å². The minimum Gasteiger partial charge on any atom is -0.468 e. The number of hydrogen-bond donors (Lipinski definition) is 0. The molecule has 0 heterocycles. The second-order valence-electron chi connectivity index (χ2n) is 3.46. The highest BCUT2D eigenvalue weighted by molar-refractivity contribution is 6.39. The summed E-state index contributed by atoms with van der Waals surface area (Å²) in [6, 6.07) is 0. The third-order valence-electron chi connectivity index (χ3n) is 2.62. The van der Waals surface area contributed by atoms with Crippen LogP contribution in [0.2, 0.25) is 0 Å². The van der Waals surface area contributed by atoms with Crippen LogP contribution in [0.3, 0.4) is 0 Å². The molecule has 1 aliphatic carbocycles. The fourth-order valence-electron chi connectivity index (χ4n) is 1.74. The Morgan fingerprint density at radius 2 is 1.62 bits per heavy atom. The maximum atomic E-state index is 11.6. The number of carbonyl (C=O) groups excluding carboxylic acids is 4. The van der Waals surface area contributed by atoms with Crippen molar-refractivity contribution in [1.82, 2.24) is 0 Å². The normalized spacial score (nSPS) is 24.0. The van der Waals surface area contributed by atoms with Crippen molar-refractivity contribution in [2.24, 2.45) is 11.8 Å². The van der Waals surface area contributed by atoms with Gasteiger partial charge in [-0.3, -0.25) is 14.4 Å². The van der Waals surface area contributed by atoms with Gasteiger partial charge in [0.15, 0.2) is 5.78 Å². The zero-order valence-corrected chi connectivity index (χ0v) is 9.02. The molecule has 0 N–H and O–H groups in total. The van der Waals surface area contributed by atoms with Crippen molar-refractivity contribution in [3.8, 4) is 0 Å². The van der Waals surface area contributed by atoms with Gasteiger partial charge in [0.25, 0.3) is 0 Å². The van der Waals surface area contributed by atoms with Crippen LogP contribution in [-0.2, 0) is 28.7 Å². The van der Waals surface area contributed by atoms with Gasteiger partial charge in [0, 0.05) is 0 Å². The number of Topliss-reactive ketones (excluding diaryl/α,β-unsaturated/α-hetero) is 2. The van der Waals surface area contributed by atoms with Crippen LogP contribution in [0, 0.1) is 11.8 Å². The van der Waals surface area contributed by atoms with Gasteiger partial charge in [0.05, 0.1) is 20.1 Å². The Hall–Kier alpha value is -1.72. The molecule has 16 heavy (non-hydrogen) atoms. The number of ketones is 2. The van der Waals surface area contributed by atoms with Gasteiger partial charge in [-0.25, -0.2) is 4.79 Å². The highest BCUT2D eigenvalue weighted by Crippen LogP contribution is 2.29. The predicted molar refractivity (Wildman–Crippen MR) is 50.3 cm³/mol. The summed E-state index contributed by atoms with van der Waals surface area (Å²) in [5, 5.41) is 0. The smallest absolute Gasteiger partial charge is 0.375 e. The molecule has 0 aromatic rings. The summed E-state index contributed by atoms with van der Waals surface area (Å²) in [5.41, 5.74) is 0. The summed E-state index contributed by atoms with van der Waals surface area (Å²) in [6.45, 7) is 0. The van der Waals surface area contributed by atoms with E-state index in [0.717, 1.165) is 7.11 Å². The Bertz CT molecular complexity index is 345. The fraction of sp³-hybridized carbons (Fsp3) is 0.600. The van der Waals surface area contributed by atoms with Gasteiger partial charge in [-0.2, -0.15) is 0 Å². The van der Waals surface area contributed by atoms with Crippen LogP contribution < -0.4 is 0 Å². The monoisotopic (exact) mass is 228 g/mol. The minimum atomic E-state index is -1.06. The van der Waals surface area contributed by atoms with Crippen molar-refractivity contribution < 1.29 is 28.7 Å². The maximum absolute atomic E-state index is 11.6. The summed E-state index contributed by atoms with van der Waals surface area (Å²) in [4.78, 5) is 45.1. The van der Waals surface area contributed by atoms with Gasteiger partial charge in [0.2, 0.25) is 5.78 Å². The first-order chi connectivity index (χ1) is 7.52. The lowest BCUT2D eigenvalue weighted by Gasteiger charge is -2.06. The average Bonchev–Trinajstić information content (AvgIpc) is 2.68. The van der Waals surface area contributed by atoms with Gasteiger partial charge in [-0.1, -0.05) is 0 Å². The van der Waals surface area contributed by atoms with E-state index in [4.69, 9.17) is 0 Å². The lowest BCUT2D eigenvalue weighted by Crippen LogP contribution is -2.31. The van der Waals surface area contributed by atoms with Crippen LogP contribution in [0.4, 0.5) is 0 Å². The molecule has 2 unspecified atom stereocenters.